The number of aromatic nitrogens is 1. The van der Waals surface area contributed by atoms with Gasteiger partial charge in [0.2, 0.25) is 0 Å². The fourth-order valence-corrected chi connectivity index (χ4v) is 2.24. The van der Waals surface area contributed by atoms with Gasteiger partial charge in [-0.05, 0) is 19.1 Å². The van der Waals surface area contributed by atoms with Crippen LogP contribution in [-0.2, 0) is 4.79 Å². The Morgan fingerprint density at radius 1 is 1.58 bits per heavy atom. The highest BCUT2D eigenvalue weighted by Crippen LogP contribution is 2.22. The molecule has 1 aromatic carbocycles. The Labute approximate surface area is 115 Å². The van der Waals surface area contributed by atoms with Gasteiger partial charge in [0, 0.05) is 17.1 Å². The van der Waals surface area contributed by atoms with Crippen molar-refractivity contribution in [3.8, 4) is 5.75 Å². The van der Waals surface area contributed by atoms with E-state index in [2.05, 4.69) is 10.3 Å². The lowest BCUT2D eigenvalue weighted by Gasteiger charge is -2.14. The van der Waals surface area contributed by atoms with Gasteiger partial charge < -0.3 is 15.8 Å². The van der Waals surface area contributed by atoms with Gasteiger partial charge in [-0.1, -0.05) is 6.07 Å². The fraction of sp³-hybridized carbons (Fsp3) is 0.231. The molecule has 2 rings (SSSR count). The summed E-state index contributed by atoms with van der Waals surface area (Å²) in [5.41, 5.74) is 8.74. The SMILES string of the molecule is CC(Nc1cccc(OCC(N)=O)c1)c1cscn1. The minimum Gasteiger partial charge on any atom is -0.484 e. The van der Waals surface area contributed by atoms with E-state index in [0.29, 0.717) is 5.75 Å². The van der Waals surface area contributed by atoms with E-state index in [1.807, 2.05) is 30.5 Å². The summed E-state index contributed by atoms with van der Waals surface area (Å²) in [4.78, 5) is 14.9. The summed E-state index contributed by atoms with van der Waals surface area (Å²) in [6.07, 6.45) is 0. The molecule has 0 spiro atoms. The van der Waals surface area contributed by atoms with Crippen LogP contribution in [0.4, 0.5) is 5.69 Å². The van der Waals surface area contributed by atoms with Crippen molar-refractivity contribution >= 4 is 22.9 Å². The van der Waals surface area contributed by atoms with E-state index in [0.717, 1.165) is 11.4 Å². The zero-order valence-corrected chi connectivity index (χ0v) is 11.3. The Balaban J connectivity index is 2.00. The second kappa shape index (κ2) is 6.19. The first-order valence-electron chi connectivity index (χ1n) is 5.81. The normalized spacial score (nSPS) is 11.8. The predicted octanol–water partition coefficient (Wildman–Crippen LogP) is 2.18. The van der Waals surface area contributed by atoms with Gasteiger partial charge in [0.25, 0.3) is 5.91 Å². The molecule has 100 valence electrons. The third-order valence-electron chi connectivity index (χ3n) is 2.49. The molecule has 0 saturated carbocycles. The van der Waals surface area contributed by atoms with Crippen molar-refractivity contribution in [3.63, 3.8) is 0 Å². The summed E-state index contributed by atoms with van der Waals surface area (Å²) in [6, 6.07) is 7.50. The van der Waals surface area contributed by atoms with Crippen molar-refractivity contribution < 1.29 is 9.53 Å². The van der Waals surface area contributed by atoms with Gasteiger partial charge in [-0.3, -0.25) is 4.79 Å². The van der Waals surface area contributed by atoms with Gasteiger partial charge in [0.05, 0.1) is 17.2 Å². The van der Waals surface area contributed by atoms with E-state index in [1.54, 1.807) is 22.9 Å². The van der Waals surface area contributed by atoms with E-state index in [4.69, 9.17) is 10.5 Å². The molecule has 0 aliphatic carbocycles. The maximum atomic E-state index is 10.7. The van der Waals surface area contributed by atoms with E-state index in [1.165, 1.54) is 0 Å². The zero-order valence-electron chi connectivity index (χ0n) is 10.5. The summed E-state index contributed by atoms with van der Waals surface area (Å²) in [6.45, 7) is 1.91. The minimum atomic E-state index is -0.491. The van der Waals surface area contributed by atoms with Crippen LogP contribution in [0.5, 0.6) is 5.75 Å². The molecule has 1 heterocycles. The van der Waals surface area contributed by atoms with Crippen LogP contribution in [0.2, 0.25) is 0 Å². The highest BCUT2D eigenvalue weighted by atomic mass is 32.1. The number of amides is 1. The fourth-order valence-electron chi connectivity index (χ4n) is 1.59. The lowest BCUT2D eigenvalue weighted by atomic mass is 10.2. The molecule has 19 heavy (non-hydrogen) atoms. The first-order chi connectivity index (χ1) is 9.15. The number of anilines is 1. The highest BCUT2D eigenvalue weighted by molar-refractivity contribution is 7.07. The number of nitrogens with two attached hydrogens (primary N) is 1. The third kappa shape index (κ3) is 3.96. The van der Waals surface area contributed by atoms with Crippen LogP contribution in [0.1, 0.15) is 18.7 Å². The lowest BCUT2D eigenvalue weighted by Crippen LogP contribution is -2.20. The largest absolute Gasteiger partial charge is 0.484 e. The summed E-state index contributed by atoms with van der Waals surface area (Å²) in [5.74, 6) is 0.114. The Hall–Kier alpha value is -2.08. The van der Waals surface area contributed by atoms with Gasteiger partial charge in [0.1, 0.15) is 5.75 Å². The van der Waals surface area contributed by atoms with Crippen molar-refractivity contribution in [1.82, 2.24) is 4.98 Å². The number of thiazole rings is 1. The molecule has 5 nitrogen and oxygen atoms in total. The molecule has 6 heteroatoms. The number of primary amides is 1. The summed E-state index contributed by atoms with van der Waals surface area (Å²) in [5, 5.41) is 5.33. The van der Waals surface area contributed by atoms with Crippen molar-refractivity contribution in [3.05, 3.63) is 40.8 Å². The van der Waals surface area contributed by atoms with E-state index in [9.17, 15) is 4.79 Å². The predicted molar refractivity (Wildman–Crippen MR) is 75.3 cm³/mol. The summed E-state index contributed by atoms with van der Waals surface area (Å²) in [7, 11) is 0. The Morgan fingerprint density at radius 3 is 3.11 bits per heavy atom. The first-order valence-corrected chi connectivity index (χ1v) is 6.75. The van der Waals surface area contributed by atoms with Crippen molar-refractivity contribution in [1.29, 1.82) is 0 Å². The molecule has 0 saturated heterocycles. The number of ether oxygens (including phenoxy) is 1. The summed E-state index contributed by atoms with van der Waals surface area (Å²) >= 11 is 1.57. The van der Waals surface area contributed by atoms with Crippen LogP contribution in [0.25, 0.3) is 0 Å². The molecule has 1 unspecified atom stereocenters. The van der Waals surface area contributed by atoms with Gasteiger partial charge in [-0.2, -0.15) is 0 Å². The molecule has 0 aliphatic heterocycles. The molecule has 0 fully saturated rings. The topological polar surface area (TPSA) is 77.2 Å². The molecule has 1 atom stereocenters. The number of hydrogen-bond donors (Lipinski definition) is 2. The number of nitrogens with one attached hydrogen (secondary N) is 1. The monoisotopic (exact) mass is 277 g/mol. The van der Waals surface area contributed by atoms with Crippen LogP contribution in [-0.4, -0.2) is 17.5 Å². The van der Waals surface area contributed by atoms with E-state index in [-0.39, 0.29) is 12.6 Å². The number of rotatable bonds is 6. The van der Waals surface area contributed by atoms with Gasteiger partial charge in [-0.15, -0.1) is 11.3 Å². The van der Waals surface area contributed by atoms with Crippen LogP contribution in [0, 0.1) is 0 Å². The maximum Gasteiger partial charge on any atom is 0.255 e. The van der Waals surface area contributed by atoms with E-state index < -0.39 is 5.91 Å². The third-order valence-corrected chi connectivity index (χ3v) is 3.10. The number of nitrogens with zero attached hydrogens (tertiary/aromatic N) is 1. The molecule has 1 aromatic heterocycles. The van der Waals surface area contributed by atoms with Crippen LogP contribution in [0.15, 0.2) is 35.2 Å². The number of hydrogen-bond acceptors (Lipinski definition) is 5. The van der Waals surface area contributed by atoms with Crippen LogP contribution < -0.4 is 15.8 Å². The van der Waals surface area contributed by atoms with Crippen LogP contribution in [0.3, 0.4) is 0 Å². The Kier molecular flexibility index (Phi) is 4.35. The molecule has 1 amide bonds. The van der Waals surface area contributed by atoms with Crippen molar-refractivity contribution in [2.75, 3.05) is 11.9 Å². The molecule has 3 N–H and O–H groups in total. The Bertz CT molecular complexity index is 543. The zero-order chi connectivity index (χ0) is 13.7. The lowest BCUT2D eigenvalue weighted by molar-refractivity contribution is -0.119. The van der Waals surface area contributed by atoms with Gasteiger partial charge in [0.15, 0.2) is 6.61 Å². The molecule has 0 radical (unpaired) electrons. The van der Waals surface area contributed by atoms with Crippen LogP contribution >= 0.6 is 11.3 Å². The second-order valence-corrected chi connectivity index (χ2v) is 4.78. The van der Waals surface area contributed by atoms with Crippen molar-refractivity contribution in [2.24, 2.45) is 5.73 Å². The van der Waals surface area contributed by atoms with Crippen molar-refractivity contribution in [2.45, 2.75) is 13.0 Å². The average Bonchev–Trinajstić information content (AvgIpc) is 2.91. The maximum absolute atomic E-state index is 10.7. The standard InChI is InChI=1S/C13H15N3O2S/c1-9(12-7-19-8-15-12)16-10-3-2-4-11(5-10)18-6-13(14)17/h2-5,7-9,16H,6H2,1H3,(H2,14,17). The summed E-state index contributed by atoms with van der Waals surface area (Å²) < 4.78 is 5.25. The quantitative estimate of drug-likeness (QED) is 0.848. The molecular formula is C13H15N3O2S. The molecular weight excluding hydrogens is 262 g/mol. The molecule has 0 bridgehead atoms. The first kappa shape index (κ1) is 13.4. The number of carbonyl (C=O) groups excluding carboxylic acids is 1. The average molecular weight is 277 g/mol. The molecule has 0 aliphatic rings. The second-order valence-electron chi connectivity index (χ2n) is 4.06. The number of carbonyl (C=O) groups is 1. The van der Waals surface area contributed by atoms with Gasteiger partial charge >= 0.3 is 0 Å². The minimum absolute atomic E-state index is 0.109. The Morgan fingerprint density at radius 2 is 2.42 bits per heavy atom. The smallest absolute Gasteiger partial charge is 0.255 e. The highest BCUT2D eigenvalue weighted by Gasteiger charge is 2.07. The van der Waals surface area contributed by atoms with Gasteiger partial charge in [-0.25, -0.2) is 4.98 Å². The van der Waals surface area contributed by atoms with E-state index >= 15 is 0 Å². The molecule has 2 aromatic rings. The number of benzene rings is 1.